The Morgan fingerprint density at radius 2 is 2.05 bits per heavy atom. The van der Waals surface area contributed by atoms with Gasteiger partial charge in [-0.2, -0.15) is 0 Å². The maximum absolute atomic E-state index is 11.9. The van der Waals surface area contributed by atoms with Gasteiger partial charge in [-0.1, -0.05) is 6.07 Å². The SMILES string of the molecule is O=C1CCC(c2ccc(C(=O)O)c3cc[nH]c23)C(=O)N1. The van der Waals surface area contributed by atoms with Crippen molar-refractivity contribution in [2.75, 3.05) is 0 Å². The number of carboxylic acid groups (broad SMARTS) is 1. The molecule has 1 aliphatic rings. The minimum atomic E-state index is -1.01. The third-order valence-corrected chi connectivity index (χ3v) is 3.60. The van der Waals surface area contributed by atoms with Crippen LogP contribution in [0.4, 0.5) is 0 Å². The highest BCUT2D eigenvalue weighted by atomic mass is 16.4. The van der Waals surface area contributed by atoms with Gasteiger partial charge in [-0.3, -0.25) is 14.9 Å². The van der Waals surface area contributed by atoms with Crippen molar-refractivity contribution in [3.63, 3.8) is 0 Å². The molecule has 1 saturated heterocycles. The van der Waals surface area contributed by atoms with Crippen LogP contribution in [-0.2, 0) is 9.59 Å². The smallest absolute Gasteiger partial charge is 0.336 e. The average Bonchev–Trinajstić information content (AvgIpc) is 2.87. The number of carbonyl (C=O) groups is 3. The molecule has 0 spiro atoms. The first-order chi connectivity index (χ1) is 9.58. The predicted octanol–water partition coefficient (Wildman–Crippen LogP) is 1.39. The fourth-order valence-electron chi connectivity index (χ4n) is 2.65. The summed E-state index contributed by atoms with van der Waals surface area (Å²) in [5.74, 6) is -2.04. The third-order valence-electron chi connectivity index (χ3n) is 3.60. The van der Waals surface area contributed by atoms with Crippen LogP contribution in [0, 0.1) is 0 Å². The Labute approximate surface area is 113 Å². The van der Waals surface area contributed by atoms with Crippen LogP contribution in [0.15, 0.2) is 24.4 Å². The lowest BCUT2D eigenvalue weighted by Gasteiger charge is -2.21. The highest BCUT2D eigenvalue weighted by Gasteiger charge is 2.30. The van der Waals surface area contributed by atoms with Gasteiger partial charge in [-0.25, -0.2) is 4.79 Å². The summed E-state index contributed by atoms with van der Waals surface area (Å²) in [4.78, 5) is 37.3. The quantitative estimate of drug-likeness (QED) is 0.719. The molecule has 2 heterocycles. The number of aromatic nitrogens is 1. The minimum Gasteiger partial charge on any atom is -0.478 e. The molecular weight excluding hydrogens is 260 g/mol. The molecule has 0 saturated carbocycles. The molecule has 20 heavy (non-hydrogen) atoms. The zero-order valence-corrected chi connectivity index (χ0v) is 10.5. The van der Waals surface area contributed by atoms with E-state index in [4.69, 9.17) is 5.11 Å². The summed E-state index contributed by atoms with van der Waals surface area (Å²) in [5, 5.41) is 12.0. The van der Waals surface area contributed by atoms with E-state index in [9.17, 15) is 14.4 Å². The van der Waals surface area contributed by atoms with Crippen molar-refractivity contribution >= 4 is 28.7 Å². The van der Waals surface area contributed by atoms with Crippen LogP contribution in [-0.4, -0.2) is 27.9 Å². The van der Waals surface area contributed by atoms with Crippen molar-refractivity contribution < 1.29 is 19.5 Å². The largest absolute Gasteiger partial charge is 0.478 e. The van der Waals surface area contributed by atoms with Gasteiger partial charge < -0.3 is 10.1 Å². The van der Waals surface area contributed by atoms with Crippen molar-refractivity contribution in [2.45, 2.75) is 18.8 Å². The number of benzene rings is 1. The van der Waals surface area contributed by atoms with Crippen LogP contribution in [0.5, 0.6) is 0 Å². The second kappa shape index (κ2) is 4.48. The fraction of sp³-hybridized carbons (Fsp3) is 0.214. The fourth-order valence-corrected chi connectivity index (χ4v) is 2.65. The Bertz CT molecular complexity index is 732. The molecule has 1 aromatic carbocycles. The monoisotopic (exact) mass is 272 g/mol. The number of nitrogens with one attached hydrogen (secondary N) is 2. The Balaban J connectivity index is 2.11. The molecule has 1 aromatic heterocycles. The molecule has 0 radical (unpaired) electrons. The maximum atomic E-state index is 11.9. The number of H-pyrrole nitrogens is 1. The van der Waals surface area contributed by atoms with Gasteiger partial charge in [0.25, 0.3) is 0 Å². The van der Waals surface area contributed by atoms with Gasteiger partial charge in [-0.15, -0.1) is 0 Å². The molecule has 0 aliphatic carbocycles. The van der Waals surface area contributed by atoms with E-state index >= 15 is 0 Å². The summed E-state index contributed by atoms with van der Waals surface area (Å²) in [5.41, 5.74) is 1.55. The van der Waals surface area contributed by atoms with E-state index < -0.39 is 11.9 Å². The third kappa shape index (κ3) is 1.85. The second-order valence-electron chi connectivity index (χ2n) is 4.78. The predicted molar refractivity (Wildman–Crippen MR) is 70.4 cm³/mol. The highest BCUT2D eigenvalue weighted by Crippen LogP contribution is 2.31. The standard InChI is InChI=1S/C14H12N2O4/c17-11-4-3-9(13(18)16-11)7-1-2-10(14(19)20)8-5-6-15-12(7)8/h1-2,5-6,9,15H,3-4H2,(H,19,20)(H,16,17,18). The molecular formula is C14H12N2O4. The van der Waals surface area contributed by atoms with Gasteiger partial charge in [0.15, 0.2) is 0 Å². The van der Waals surface area contributed by atoms with Crippen LogP contribution in [0.3, 0.4) is 0 Å². The van der Waals surface area contributed by atoms with Gasteiger partial charge in [0, 0.05) is 18.0 Å². The summed E-state index contributed by atoms with van der Waals surface area (Å²) in [6, 6.07) is 4.81. The van der Waals surface area contributed by atoms with Gasteiger partial charge in [-0.05, 0) is 24.1 Å². The van der Waals surface area contributed by atoms with Crippen LogP contribution >= 0.6 is 0 Å². The highest BCUT2D eigenvalue weighted by molar-refractivity contribution is 6.06. The number of rotatable bonds is 2. The lowest BCUT2D eigenvalue weighted by atomic mass is 9.88. The molecule has 2 amide bonds. The van der Waals surface area contributed by atoms with Crippen molar-refractivity contribution in [3.05, 3.63) is 35.5 Å². The van der Waals surface area contributed by atoms with E-state index in [2.05, 4.69) is 10.3 Å². The normalized spacial score (nSPS) is 19.1. The number of imide groups is 1. The first-order valence-corrected chi connectivity index (χ1v) is 6.25. The number of hydrogen-bond acceptors (Lipinski definition) is 3. The molecule has 2 aromatic rings. The molecule has 1 aliphatic heterocycles. The van der Waals surface area contributed by atoms with Crippen LogP contribution < -0.4 is 5.32 Å². The topological polar surface area (TPSA) is 99.3 Å². The summed E-state index contributed by atoms with van der Waals surface area (Å²) in [6.45, 7) is 0. The molecule has 1 atom stereocenters. The van der Waals surface area contributed by atoms with Gasteiger partial charge in [0.05, 0.1) is 17.0 Å². The van der Waals surface area contributed by atoms with E-state index in [1.807, 2.05) is 0 Å². The molecule has 3 rings (SSSR count). The molecule has 1 unspecified atom stereocenters. The summed E-state index contributed by atoms with van der Waals surface area (Å²) >= 11 is 0. The Morgan fingerprint density at radius 3 is 2.75 bits per heavy atom. The van der Waals surface area contributed by atoms with Crippen LogP contribution in [0.2, 0.25) is 0 Å². The summed E-state index contributed by atoms with van der Waals surface area (Å²) < 4.78 is 0. The van der Waals surface area contributed by atoms with E-state index in [1.54, 1.807) is 18.3 Å². The summed E-state index contributed by atoms with van der Waals surface area (Å²) in [6.07, 6.45) is 2.37. The van der Waals surface area contributed by atoms with Gasteiger partial charge >= 0.3 is 5.97 Å². The molecule has 0 bridgehead atoms. The number of carboxylic acids is 1. The van der Waals surface area contributed by atoms with Gasteiger partial charge in [0.2, 0.25) is 11.8 Å². The lowest BCUT2D eigenvalue weighted by molar-refractivity contribution is -0.134. The number of hydrogen-bond donors (Lipinski definition) is 3. The zero-order chi connectivity index (χ0) is 14.3. The molecule has 6 heteroatoms. The van der Waals surface area contributed by atoms with Crippen molar-refractivity contribution in [1.82, 2.24) is 10.3 Å². The summed E-state index contributed by atoms with van der Waals surface area (Å²) in [7, 11) is 0. The number of carbonyl (C=O) groups excluding carboxylic acids is 2. The zero-order valence-electron chi connectivity index (χ0n) is 10.5. The van der Waals surface area contributed by atoms with E-state index in [0.29, 0.717) is 23.7 Å². The number of aromatic carboxylic acids is 1. The first-order valence-electron chi connectivity index (χ1n) is 6.25. The molecule has 1 fully saturated rings. The Hall–Kier alpha value is -2.63. The van der Waals surface area contributed by atoms with Gasteiger partial charge in [0.1, 0.15) is 0 Å². The molecule has 3 N–H and O–H groups in total. The van der Waals surface area contributed by atoms with E-state index in [0.717, 1.165) is 5.56 Å². The van der Waals surface area contributed by atoms with Crippen LogP contribution in [0.1, 0.15) is 34.7 Å². The average molecular weight is 272 g/mol. The molecule has 6 nitrogen and oxygen atoms in total. The maximum Gasteiger partial charge on any atom is 0.336 e. The number of aromatic amines is 1. The lowest BCUT2D eigenvalue weighted by Crippen LogP contribution is -2.39. The van der Waals surface area contributed by atoms with Crippen LogP contribution in [0.25, 0.3) is 10.9 Å². The Kier molecular flexibility index (Phi) is 2.78. The number of piperidine rings is 1. The van der Waals surface area contributed by atoms with Crippen molar-refractivity contribution in [1.29, 1.82) is 0 Å². The number of amides is 2. The minimum absolute atomic E-state index is 0.192. The molecule has 102 valence electrons. The van der Waals surface area contributed by atoms with Crippen molar-refractivity contribution in [3.8, 4) is 0 Å². The van der Waals surface area contributed by atoms with E-state index in [-0.39, 0.29) is 17.4 Å². The Morgan fingerprint density at radius 1 is 1.25 bits per heavy atom. The van der Waals surface area contributed by atoms with E-state index in [1.165, 1.54) is 6.07 Å². The number of fused-ring (bicyclic) bond motifs is 1. The first kappa shape index (κ1) is 12.4. The second-order valence-corrected chi connectivity index (χ2v) is 4.78. The van der Waals surface area contributed by atoms with Crippen molar-refractivity contribution in [2.24, 2.45) is 0 Å².